The highest BCUT2D eigenvalue weighted by Crippen LogP contribution is 2.32. The van der Waals surface area contributed by atoms with Gasteiger partial charge < -0.3 is 10.2 Å². The Bertz CT molecular complexity index is 900. The van der Waals surface area contributed by atoms with Crippen molar-refractivity contribution < 1.29 is 9.59 Å². The average Bonchev–Trinajstić information content (AvgIpc) is 2.79. The molecule has 2 amide bonds. The molecule has 164 valence electrons. The summed E-state index contributed by atoms with van der Waals surface area (Å²) in [5.74, 6) is -0.273. The van der Waals surface area contributed by atoms with Crippen molar-refractivity contribution in [2.75, 3.05) is 26.2 Å². The summed E-state index contributed by atoms with van der Waals surface area (Å²) in [5.41, 5.74) is 2.31. The van der Waals surface area contributed by atoms with Gasteiger partial charge in [0.25, 0.3) is 11.8 Å². The third kappa shape index (κ3) is 6.77. The molecule has 1 unspecified atom stereocenters. The van der Waals surface area contributed by atoms with Crippen molar-refractivity contribution in [1.29, 1.82) is 0 Å². The first-order valence-corrected chi connectivity index (χ1v) is 12.0. The molecule has 0 aromatic heterocycles. The number of fused-ring (bicyclic) bond motifs is 1. The average molecular weight is 438 g/mol. The smallest absolute Gasteiger partial charge is 0.283 e. The first-order valence-electron chi connectivity index (χ1n) is 11.1. The molecule has 6 heteroatoms. The maximum atomic E-state index is 12.4. The molecule has 1 atom stereocenters. The monoisotopic (exact) mass is 437 g/mol. The number of hydrogen-bond acceptors (Lipinski definition) is 4. The Morgan fingerprint density at radius 3 is 2.68 bits per heavy atom. The molecule has 31 heavy (non-hydrogen) atoms. The van der Waals surface area contributed by atoms with Gasteiger partial charge in [-0.05, 0) is 62.3 Å². The maximum Gasteiger partial charge on any atom is 0.283 e. The largest absolute Gasteiger partial charge is 0.352 e. The molecule has 1 heterocycles. The first kappa shape index (κ1) is 23.2. The zero-order valence-electron chi connectivity index (χ0n) is 18.3. The van der Waals surface area contributed by atoms with Crippen LogP contribution in [-0.2, 0) is 4.79 Å². The summed E-state index contributed by atoms with van der Waals surface area (Å²) in [5, 5.41) is 3.09. The van der Waals surface area contributed by atoms with Crippen LogP contribution in [0.1, 0.15) is 49.0 Å². The number of hydrogen-bond donors (Lipinski definition) is 1. The molecule has 0 saturated carbocycles. The van der Waals surface area contributed by atoms with Gasteiger partial charge in [-0.3, -0.25) is 9.59 Å². The van der Waals surface area contributed by atoms with E-state index in [1.807, 2.05) is 42.5 Å². The van der Waals surface area contributed by atoms with Crippen molar-refractivity contribution in [1.82, 2.24) is 10.2 Å². The number of aliphatic imine (C=N–C) groups is 1. The highest BCUT2D eigenvalue weighted by Gasteiger charge is 2.25. The van der Waals surface area contributed by atoms with E-state index >= 15 is 0 Å². The minimum atomic E-state index is -0.210. The highest BCUT2D eigenvalue weighted by molar-refractivity contribution is 8.05. The summed E-state index contributed by atoms with van der Waals surface area (Å²) >= 11 is 1.51. The molecule has 1 aromatic rings. The molecule has 0 saturated heterocycles. The van der Waals surface area contributed by atoms with Gasteiger partial charge in [0.05, 0.1) is 15.9 Å². The highest BCUT2D eigenvalue weighted by atomic mass is 32.2. The van der Waals surface area contributed by atoms with Crippen molar-refractivity contribution >= 4 is 35.4 Å². The van der Waals surface area contributed by atoms with Crippen LogP contribution in [0, 0.1) is 0 Å². The molecule has 0 radical (unpaired) electrons. The lowest BCUT2D eigenvalue weighted by Gasteiger charge is -2.20. The normalized spacial score (nSPS) is 18.9. The predicted octanol–water partition coefficient (Wildman–Crippen LogP) is 4.48. The number of carbonyl (C=O) groups is 2. The number of thioether (sulfide) groups is 1. The van der Waals surface area contributed by atoms with Crippen LogP contribution in [0.5, 0.6) is 0 Å². The molecule has 0 bridgehead atoms. The zero-order chi connectivity index (χ0) is 22.1. The lowest BCUT2D eigenvalue weighted by Crippen LogP contribution is -2.30. The summed E-state index contributed by atoms with van der Waals surface area (Å²) < 4.78 is 0. The first-order chi connectivity index (χ1) is 15.1. The molecule has 5 nitrogen and oxygen atoms in total. The van der Waals surface area contributed by atoms with Gasteiger partial charge in [-0.2, -0.15) is 0 Å². The molecule has 3 rings (SSSR count). The number of unbranched alkanes of at least 4 members (excludes halogenated alkanes) is 1. The van der Waals surface area contributed by atoms with Crippen LogP contribution in [0.15, 0.2) is 58.5 Å². The van der Waals surface area contributed by atoms with E-state index < -0.39 is 0 Å². The van der Waals surface area contributed by atoms with Gasteiger partial charge in [0.2, 0.25) is 0 Å². The van der Waals surface area contributed by atoms with Crippen molar-refractivity contribution in [2.24, 2.45) is 4.99 Å². The van der Waals surface area contributed by atoms with Crippen LogP contribution >= 0.6 is 11.8 Å². The molecule has 0 spiro atoms. The quantitative estimate of drug-likeness (QED) is 0.433. The van der Waals surface area contributed by atoms with Crippen molar-refractivity contribution in [3.05, 3.63) is 64.6 Å². The van der Waals surface area contributed by atoms with E-state index in [4.69, 9.17) is 0 Å². The second-order valence-corrected chi connectivity index (χ2v) is 8.84. The van der Waals surface area contributed by atoms with Gasteiger partial charge in [-0.1, -0.05) is 50.6 Å². The summed E-state index contributed by atoms with van der Waals surface area (Å²) in [4.78, 5) is 31.9. The molecular formula is C25H31N3O2S. The van der Waals surface area contributed by atoms with Crippen LogP contribution in [-0.4, -0.2) is 53.9 Å². The standard InChI is InChI=1S/C25H31N3O2S/c1-3-5-16-28(4-2)17-8-15-26-24(29)20-13-11-19(12-14-20)18-23-25(30)27-21-9-6-7-10-22(21)31-23/h6-7,9-14,18,22H,3-5,8,15-17H2,1-2H3,(H,26,29)/b23-18+. The SMILES string of the molecule is CCCCN(CC)CCCNC(=O)c1ccc(/C=C2/SC3C=CC=CC3=NC2=O)cc1. The van der Waals surface area contributed by atoms with Gasteiger partial charge in [-0.25, -0.2) is 4.99 Å². The van der Waals surface area contributed by atoms with E-state index in [1.54, 1.807) is 12.1 Å². The fourth-order valence-corrected chi connectivity index (χ4v) is 4.51. The summed E-state index contributed by atoms with van der Waals surface area (Å²) in [7, 11) is 0. The Labute approximate surface area is 189 Å². The topological polar surface area (TPSA) is 61.8 Å². The Balaban J connectivity index is 1.51. The van der Waals surface area contributed by atoms with Gasteiger partial charge >= 0.3 is 0 Å². The van der Waals surface area contributed by atoms with E-state index in [0.717, 1.165) is 37.3 Å². The maximum absolute atomic E-state index is 12.4. The molecule has 1 aromatic carbocycles. The van der Waals surface area contributed by atoms with E-state index in [1.165, 1.54) is 24.6 Å². The number of amides is 2. The van der Waals surface area contributed by atoms with Gasteiger partial charge in [0, 0.05) is 12.1 Å². The van der Waals surface area contributed by atoms with Crippen LogP contribution in [0.3, 0.4) is 0 Å². The fourth-order valence-electron chi connectivity index (χ4n) is 3.47. The Hall–Kier alpha value is -2.44. The number of rotatable bonds is 10. The molecule has 1 N–H and O–H groups in total. The fraction of sp³-hybridized carbons (Fsp3) is 0.400. The lowest BCUT2D eigenvalue weighted by atomic mass is 10.1. The van der Waals surface area contributed by atoms with Gasteiger partial charge in [0.1, 0.15) is 0 Å². The van der Waals surface area contributed by atoms with Crippen LogP contribution in [0.4, 0.5) is 0 Å². The Morgan fingerprint density at radius 2 is 1.94 bits per heavy atom. The van der Waals surface area contributed by atoms with Crippen molar-refractivity contribution in [2.45, 2.75) is 38.4 Å². The molecule has 2 aliphatic rings. The molecule has 1 aliphatic heterocycles. The second kappa shape index (κ2) is 11.8. The number of nitrogens with zero attached hydrogens (tertiary/aromatic N) is 2. The number of allylic oxidation sites excluding steroid dienone is 3. The van der Waals surface area contributed by atoms with E-state index in [2.05, 4.69) is 29.1 Å². The van der Waals surface area contributed by atoms with Gasteiger partial charge in [-0.15, -0.1) is 11.8 Å². The summed E-state index contributed by atoms with van der Waals surface area (Å²) in [6.07, 6.45) is 13.0. The van der Waals surface area contributed by atoms with Crippen molar-refractivity contribution in [3.63, 3.8) is 0 Å². The third-order valence-electron chi connectivity index (χ3n) is 5.33. The summed E-state index contributed by atoms with van der Waals surface area (Å²) in [6, 6.07) is 7.35. The van der Waals surface area contributed by atoms with Crippen LogP contribution in [0.2, 0.25) is 0 Å². The molecule has 0 fully saturated rings. The van der Waals surface area contributed by atoms with Crippen LogP contribution < -0.4 is 5.32 Å². The Morgan fingerprint density at radius 1 is 1.16 bits per heavy atom. The molecular weight excluding hydrogens is 406 g/mol. The zero-order valence-corrected chi connectivity index (χ0v) is 19.2. The van der Waals surface area contributed by atoms with Crippen molar-refractivity contribution in [3.8, 4) is 0 Å². The summed E-state index contributed by atoms with van der Waals surface area (Å²) in [6.45, 7) is 8.23. The lowest BCUT2D eigenvalue weighted by molar-refractivity contribution is -0.113. The van der Waals surface area contributed by atoms with E-state index in [0.29, 0.717) is 17.0 Å². The minimum Gasteiger partial charge on any atom is -0.352 e. The number of nitrogens with one attached hydrogen (secondary N) is 1. The predicted molar refractivity (Wildman–Crippen MR) is 130 cm³/mol. The number of carbonyl (C=O) groups excluding carboxylic acids is 2. The second-order valence-electron chi connectivity index (χ2n) is 7.65. The van der Waals surface area contributed by atoms with E-state index in [-0.39, 0.29) is 17.1 Å². The van der Waals surface area contributed by atoms with Gasteiger partial charge in [0.15, 0.2) is 0 Å². The Kier molecular flexibility index (Phi) is 8.85. The molecule has 1 aliphatic carbocycles. The van der Waals surface area contributed by atoms with Crippen LogP contribution in [0.25, 0.3) is 6.08 Å². The third-order valence-corrected chi connectivity index (χ3v) is 6.53. The minimum absolute atomic E-state index is 0.0627. The van der Waals surface area contributed by atoms with E-state index in [9.17, 15) is 9.59 Å². The number of benzene rings is 1.